The normalized spacial score (nSPS) is 18.1. The highest BCUT2D eigenvalue weighted by molar-refractivity contribution is 7.89. The fourth-order valence-corrected chi connectivity index (χ4v) is 3.29. The Labute approximate surface area is 109 Å². The molecule has 0 bridgehead atoms. The summed E-state index contributed by atoms with van der Waals surface area (Å²) >= 11 is 0. The fourth-order valence-electron chi connectivity index (χ4n) is 2.23. The maximum Gasteiger partial charge on any atom is 0.214 e. The van der Waals surface area contributed by atoms with Gasteiger partial charge in [0.05, 0.1) is 5.75 Å². The van der Waals surface area contributed by atoms with E-state index in [2.05, 4.69) is 6.92 Å². The zero-order valence-corrected chi connectivity index (χ0v) is 11.7. The van der Waals surface area contributed by atoms with E-state index in [1.165, 1.54) is 5.57 Å². The number of nitrogens with zero attached hydrogens (tertiary/aromatic N) is 1. The largest absolute Gasteiger partial charge is 0.214 e. The summed E-state index contributed by atoms with van der Waals surface area (Å²) in [7, 11) is -3.09. The molecule has 1 aliphatic heterocycles. The summed E-state index contributed by atoms with van der Waals surface area (Å²) in [4.78, 5) is 0. The molecule has 0 saturated carbocycles. The maximum atomic E-state index is 11.9. The molecule has 0 aromatic heterocycles. The highest BCUT2D eigenvalue weighted by atomic mass is 32.2. The molecule has 0 unspecified atom stereocenters. The van der Waals surface area contributed by atoms with E-state index in [4.69, 9.17) is 0 Å². The van der Waals surface area contributed by atoms with Gasteiger partial charge in [-0.2, -0.15) is 4.31 Å². The van der Waals surface area contributed by atoms with Crippen molar-refractivity contribution in [1.82, 2.24) is 4.31 Å². The molecule has 1 aromatic rings. The maximum absolute atomic E-state index is 11.9. The van der Waals surface area contributed by atoms with Gasteiger partial charge in [-0.1, -0.05) is 35.9 Å². The lowest BCUT2D eigenvalue weighted by Gasteiger charge is -2.29. The van der Waals surface area contributed by atoms with Crippen molar-refractivity contribution < 1.29 is 8.42 Å². The van der Waals surface area contributed by atoms with Gasteiger partial charge in [0.1, 0.15) is 0 Å². The molecule has 0 spiro atoms. The van der Waals surface area contributed by atoms with Crippen molar-refractivity contribution in [3.8, 4) is 0 Å². The molecule has 1 aromatic carbocycles. The molecule has 0 fully saturated rings. The van der Waals surface area contributed by atoms with Crippen molar-refractivity contribution >= 4 is 15.6 Å². The van der Waals surface area contributed by atoms with Crippen molar-refractivity contribution in [3.05, 3.63) is 41.5 Å². The number of hydrogen-bond acceptors (Lipinski definition) is 2. The smallest absolute Gasteiger partial charge is 0.212 e. The average Bonchev–Trinajstić information content (AvgIpc) is 2.40. The topological polar surface area (TPSA) is 37.4 Å². The van der Waals surface area contributed by atoms with Crippen molar-refractivity contribution in [2.75, 3.05) is 18.8 Å². The molecule has 0 saturated heterocycles. The predicted octanol–water partition coefficient (Wildman–Crippen LogP) is 2.52. The van der Waals surface area contributed by atoms with Gasteiger partial charge in [-0.25, -0.2) is 8.42 Å². The van der Waals surface area contributed by atoms with Crippen LogP contribution < -0.4 is 0 Å². The standard InChI is InChI=1S/C14H19NO2S/c1-3-18(16,17)15-10-9-12(2)14(11-15)13-7-5-4-6-8-13/h4-8H,3,9-11H2,1-2H3. The van der Waals surface area contributed by atoms with Crippen molar-refractivity contribution in [2.24, 2.45) is 0 Å². The van der Waals surface area contributed by atoms with Crippen LogP contribution >= 0.6 is 0 Å². The molecule has 0 amide bonds. The molecule has 1 heterocycles. The minimum Gasteiger partial charge on any atom is -0.212 e. The second kappa shape index (κ2) is 5.24. The van der Waals surface area contributed by atoms with Gasteiger partial charge >= 0.3 is 0 Å². The Kier molecular flexibility index (Phi) is 3.88. The van der Waals surface area contributed by atoms with Gasteiger partial charge < -0.3 is 0 Å². The van der Waals surface area contributed by atoms with E-state index in [-0.39, 0.29) is 5.75 Å². The van der Waals surface area contributed by atoms with E-state index in [1.54, 1.807) is 11.2 Å². The Balaban J connectivity index is 2.31. The number of rotatable bonds is 3. The molecule has 2 rings (SSSR count). The summed E-state index contributed by atoms with van der Waals surface area (Å²) in [5, 5.41) is 0. The quantitative estimate of drug-likeness (QED) is 0.842. The first kappa shape index (κ1) is 13.3. The van der Waals surface area contributed by atoms with Crippen LogP contribution in [0.2, 0.25) is 0 Å². The summed E-state index contributed by atoms with van der Waals surface area (Å²) in [5.41, 5.74) is 3.58. The highest BCUT2D eigenvalue weighted by Crippen LogP contribution is 2.27. The van der Waals surface area contributed by atoms with Gasteiger partial charge in [0.25, 0.3) is 0 Å². The summed E-state index contributed by atoms with van der Waals surface area (Å²) in [6.45, 7) is 4.91. The molecule has 98 valence electrons. The molecule has 0 N–H and O–H groups in total. The van der Waals surface area contributed by atoms with E-state index in [0.717, 1.165) is 17.6 Å². The molecule has 0 atom stereocenters. The van der Waals surface area contributed by atoms with Crippen LogP contribution in [0.3, 0.4) is 0 Å². The van der Waals surface area contributed by atoms with Gasteiger partial charge in [-0.3, -0.25) is 0 Å². The lowest BCUT2D eigenvalue weighted by Crippen LogP contribution is -2.37. The van der Waals surface area contributed by atoms with Crippen molar-refractivity contribution in [1.29, 1.82) is 0 Å². The summed E-state index contributed by atoms with van der Waals surface area (Å²) < 4.78 is 25.5. The summed E-state index contributed by atoms with van der Waals surface area (Å²) in [5.74, 6) is 0.175. The summed E-state index contributed by atoms with van der Waals surface area (Å²) in [6.07, 6.45) is 0.823. The second-order valence-corrected chi connectivity index (χ2v) is 6.87. The second-order valence-electron chi connectivity index (χ2n) is 4.61. The Bertz CT molecular complexity index is 546. The minimum atomic E-state index is -3.09. The molecule has 18 heavy (non-hydrogen) atoms. The first-order valence-electron chi connectivity index (χ1n) is 6.26. The third-order valence-corrected chi connectivity index (χ3v) is 5.29. The summed E-state index contributed by atoms with van der Waals surface area (Å²) in [6, 6.07) is 10.0. The fraction of sp³-hybridized carbons (Fsp3) is 0.429. The Hall–Kier alpha value is -1.13. The molecule has 0 aliphatic carbocycles. The van der Waals surface area contributed by atoms with Crippen LogP contribution in [0, 0.1) is 0 Å². The van der Waals surface area contributed by atoms with E-state index >= 15 is 0 Å². The van der Waals surface area contributed by atoms with Crippen LogP contribution in [0.4, 0.5) is 0 Å². The third-order valence-electron chi connectivity index (χ3n) is 3.47. The van der Waals surface area contributed by atoms with Crippen LogP contribution in [-0.2, 0) is 10.0 Å². The molecule has 0 radical (unpaired) electrons. The number of sulfonamides is 1. The molecule has 1 aliphatic rings. The molecule has 3 nitrogen and oxygen atoms in total. The lowest BCUT2D eigenvalue weighted by atomic mass is 9.96. The lowest BCUT2D eigenvalue weighted by molar-refractivity contribution is 0.438. The minimum absolute atomic E-state index is 0.175. The van der Waals surface area contributed by atoms with E-state index < -0.39 is 10.0 Å². The Morgan fingerprint density at radius 1 is 1.22 bits per heavy atom. The first-order chi connectivity index (χ1) is 8.54. The van der Waals surface area contributed by atoms with Crippen LogP contribution in [-0.4, -0.2) is 31.6 Å². The number of hydrogen-bond donors (Lipinski definition) is 0. The van der Waals surface area contributed by atoms with Crippen molar-refractivity contribution in [2.45, 2.75) is 20.3 Å². The van der Waals surface area contributed by atoms with Gasteiger partial charge in [-0.15, -0.1) is 0 Å². The van der Waals surface area contributed by atoms with E-state index in [1.807, 2.05) is 30.3 Å². The van der Waals surface area contributed by atoms with Crippen LogP contribution in [0.15, 0.2) is 35.9 Å². The predicted molar refractivity (Wildman–Crippen MR) is 74.7 cm³/mol. The SMILES string of the molecule is CCS(=O)(=O)N1CCC(C)=C(c2ccccc2)C1. The monoisotopic (exact) mass is 265 g/mol. The van der Waals surface area contributed by atoms with E-state index in [0.29, 0.717) is 13.1 Å². The van der Waals surface area contributed by atoms with Gasteiger partial charge in [-0.05, 0) is 31.4 Å². The average molecular weight is 265 g/mol. The van der Waals surface area contributed by atoms with Gasteiger partial charge in [0.2, 0.25) is 10.0 Å². The Morgan fingerprint density at radius 3 is 2.50 bits per heavy atom. The third kappa shape index (κ3) is 2.65. The van der Waals surface area contributed by atoms with Gasteiger partial charge in [0, 0.05) is 13.1 Å². The molecule has 4 heteroatoms. The van der Waals surface area contributed by atoms with Gasteiger partial charge in [0.15, 0.2) is 0 Å². The number of benzene rings is 1. The highest BCUT2D eigenvalue weighted by Gasteiger charge is 2.25. The first-order valence-corrected chi connectivity index (χ1v) is 7.87. The van der Waals surface area contributed by atoms with Crippen LogP contribution in [0.1, 0.15) is 25.8 Å². The molecular formula is C14H19NO2S. The van der Waals surface area contributed by atoms with Crippen molar-refractivity contribution in [3.63, 3.8) is 0 Å². The molecular weight excluding hydrogens is 246 g/mol. The van der Waals surface area contributed by atoms with Crippen LogP contribution in [0.25, 0.3) is 5.57 Å². The van der Waals surface area contributed by atoms with Crippen LogP contribution in [0.5, 0.6) is 0 Å². The Morgan fingerprint density at radius 2 is 1.89 bits per heavy atom. The zero-order chi connectivity index (χ0) is 13.2. The van der Waals surface area contributed by atoms with E-state index in [9.17, 15) is 8.42 Å². The zero-order valence-electron chi connectivity index (χ0n) is 10.9.